The number of imidazole rings is 1. The summed E-state index contributed by atoms with van der Waals surface area (Å²) in [6.07, 6.45) is 1.79. The number of benzene rings is 4. The molecule has 5 aromatic rings. The minimum absolute atomic E-state index is 0.357. The number of carbonyl (C=O) groups is 1. The van der Waals surface area contributed by atoms with Gasteiger partial charge in [-0.15, -0.1) is 0 Å². The van der Waals surface area contributed by atoms with Crippen LogP contribution in [0.1, 0.15) is 27.3 Å². The molecule has 1 aromatic heterocycles. The molecule has 178 valence electrons. The van der Waals surface area contributed by atoms with E-state index < -0.39 is 5.97 Å². The maximum Gasteiger partial charge on any atom is 0.343 e. The van der Waals surface area contributed by atoms with E-state index in [-0.39, 0.29) is 0 Å². The van der Waals surface area contributed by atoms with Crippen LogP contribution in [-0.4, -0.2) is 15.5 Å². The summed E-state index contributed by atoms with van der Waals surface area (Å²) in [6.45, 7) is 0.576. The lowest BCUT2D eigenvalue weighted by Gasteiger charge is -2.12. The molecule has 0 fully saturated rings. The lowest BCUT2D eigenvalue weighted by atomic mass is 10.1. The second-order valence-corrected chi connectivity index (χ2v) is 9.78. The van der Waals surface area contributed by atoms with E-state index in [2.05, 4.69) is 26.6 Å². The zero-order valence-corrected chi connectivity index (χ0v) is 22.0. The number of hydrogen-bond acceptors (Lipinski definition) is 3. The molecule has 36 heavy (non-hydrogen) atoms. The van der Waals surface area contributed by atoms with E-state index >= 15 is 0 Å². The van der Waals surface area contributed by atoms with Crippen molar-refractivity contribution in [2.24, 2.45) is 0 Å². The number of carbonyl (C=O) groups excluding carboxylic acids is 1. The minimum Gasteiger partial charge on any atom is -0.422 e. The van der Waals surface area contributed by atoms with Crippen LogP contribution in [-0.2, 0) is 11.3 Å². The SMILES string of the molecule is O=C(O/C(=C/c1nc2ccccc2n1Cc1ccccc1Br)c1ccc(Cl)cc1)c1ccc(Cl)cc1. The smallest absolute Gasteiger partial charge is 0.343 e. The highest BCUT2D eigenvalue weighted by atomic mass is 79.9. The number of halogens is 3. The summed E-state index contributed by atoms with van der Waals surface area (Å²) in [4.78, 5) is 17.9. The van der Waals surface area contributed by atoms with E-state index in [0.717, 1.165) is 21.1 Å². The van der Waals surface area contributed by atoms with Crippen molar-refractivity contribution in [3.8, 4) is 0 Å². The Morgan fingerprint density at radius 2 is 1.44 bits per heavy atom. The maximum absolute atomic E-state index is 13.0. The largest absolute Gasteiger partial charge is 0.422 e. The lowest BCUT2D eigenvalue weighted by Crippen LogP contribution is -2.07. The summed E-state index contributed by atoms with van der Waals surface area (Å²) in [7, 11) is 0. The first-order chi connectivity index (χ1) is 17.5. The van der Waals surface area contributed by atoms with Crippen LogP contribution < -0.4 is 0 Å². The second-order valence-electron chi connectivity index (χ2n) is 8.05. The van der Waals surface area contributed by atoms with Crippen LogP contribution in [0, 0.1) is 0 Å². The first-order valence-electron chi connectivity index (χ1n) is 11.1. The molecule has 0 amide bonds. The topological polar surface area (TPSA) is 44.1 Å². The van der Waals surface area contributed by atoms with E-state index in [4.69, 9.17) is 32.9 Å². The fourth-order valence-corrected chi connectivity index (χ4v) is 4.48. The molecule has 0 spiro atoms. The Labute approximate surface area is 226 Å². The molecule has 5 rings (SSSR count). The van der Waals surface area contributed by atoms with Crippen molar-refractivity contribution in [1.82, 2.24) is 9.55 Å². The van der Waals surface area contributed by atoms with Gasteiger partial charge in [-0.1, -0.05) is 69.5 Å². The fourth-order valence-electron chi connectivity index (χ4n) is 3.82. The molecule has 0 radical (unpaired) electrons. The van der Waals surface area contributed by atoms with Gasteiger partial charge in [-0.25, -0.2) is 9.78 Å². The van der Waals surface area contributed by atoms with Crippen molar-refractivity contribution in [1.29, 1.82) is 0 Å². The predicted octanol–water partition coefficient (Wildman–Crippen LogP) is 8.51. The number of hydrogen-bond donors (Lipinski definition) is 0. The summed E-state index contributed by atoms with van der Waals surface area (Å²) in [5, 5.41) is 1.13. The number of esters is 1. The van der Waals surface area contributed by atoms with Gasteiger partial charge in [0.05, 0.1) is 23.1 Å². The Bertz CT molecular complexity index is 1580. The standard InChI is InChI=1S/C29H19BrCl2N2O2/c30-24-6-2-1-5-21(24)18-34-26-8-4-3-7-25(26)33-28(34)17-27(19-9-13-22(31)14-10-19)36-29(35)20-11-15-23(32)16-12-20/h1-17H,18H2/b27-17+. The van der Waals surface area contributed by atoms with E-state index in [0.29, 0.717) is 39.3 Å². The number of ether oxygens (including phenoxy) is 1. The van der Waals surface area contributed by atoms with E-state index in [9.17, 15) is 4.79 Å². The molecule has 7 heteroatoms. The van der Waals surface area contributed by atoms with Crippen molar-refractivity contribution in [3.63, 3.8) is 0 Å². The molecule has 0 saturated carbocycles. The van der Waals surface area contributed by atoms with Gasteiger partial charge >= 0.3 is 5.97 Å². The molecule has 0 saturated heterocycles. The van der Waals surface area contributed by atoms with Gasteiger partial charge in [-0.2, -0.15) is 0 Å². The molecule has 0 aliphatic carbocycles. The number of rotatable bonds is 6. The Kier molecular flexibility index (Phi) is 7.23. The van der Waals surface area contributed by atoms with Crippen LogP contribution in [0.3, 0.4) is 0 Å². The number of aromatic nitrogens is 2. The zero-order valence-electron chi connectivity index (χ0n) is 18.9. The van der Waals surface area contributed by atoms with Crippen LogP contribution in [0.2, 0.25) is 10.0 Å². The zero-order chi connectivity index (χ0) is 25.1. The average Bonchev–Trinajstić information content (AvgIpc) is 3.22. The highest BCUT2D eigenvalue weighted by Crippen LogP contribution is 2.27. The summed E-state index contributed by atoms with van der Waals surface area (Å²) in [6, 6.07) is 29.7. The fraction of sp³-hybridized carbons (Fsp3) is 0.0345. The van der Waals surface area contributed by atoms with Crippen LogP contribution in [0.15, 0.2) is 102 Å². The molecule has 1 heterocycles. The molecular weight excluding hydrogens is 559 g/mol. The van der Waals surface area contributed by atoms with Crippen molar-refractivity contribution < 1.29 is 9.53 Å². The number of fused-ring (bicyclic) bond motifs is 1. The normalized spacial score (nSPS) is 11.6. The van der Waals surface area contributed by atoms with Crippen molar-refractivity contribution in [2.75, 3.05) is 0 Å². The van der Waals surface area contributed by atoms with Crippen LogP contribution in [0.5, 0.6) is 0 Å². The van der Waals surface area contributed by atoms with Gasteiger partial charge in [0.15, 0.2) is 0 Å². The molecule has 4 aromatic carbocycles. The number of para-hydroxylation sites is 2. The molecular formula is C29H19BrCl2N2O2. The maximum atomic E-state index is 13.0. The van der Waals surface area contributed by atoms with Crippen molar-refractivity contribution >= 4 is 68.0 Å². The first kappa shape index (κ1) is 24.3. The van der Waals surface area contributed by atoms with Crippen molar-refractivity contribution in [3.05, 3.63) is 134 Å². The Morgan fingerprint density at radius 1 is 0.833 bits per heavy atom. The summed E-state index contributed by atoms with van der Waals surface area (Å²) in [5.74, 6) is 0.512. The van der Waals surface area contributed by atoms with Gasteiger partial charge in [0.2, 0.25) is 0 Å². The number of nitrogens with zero attached hydrogens (tertiary/aromatic N) is 2. The molecule has 0 atom stereocenters. The van der Waals surface area contributed by atoms with E-state index in [1.54, 1.807) is 42.5 Å². The highest BCUT2D eigenvalue weighted by molar-refractivity contribution is 9.10. The molecule has 0 aliphatic heterocycles. The quantitative estimate of drug-likeness (QED) is 0.150. The van der Waals surface area contributed by atoms with Gasteiger partial charge in [0, 0.05) is 26.2 Å². The van der Waals surface area contributed by atoms with Gasteiger partial charge in [0.25, 0.3) is 0 Å². The van der Waals surface area contributed by atoms with Gasteiger partial charge in [-0.05, 0) is 72.3 Å². The Morgan fingerprint density at radius 3 is 2.14 bits per heavy atom. The van der Waals surface area contributed by atoms with Crippen LogP contribution >= 0.6 is 39.1 Å². The minimum atomic E-state index is -0.499. The van der Waals surface area contributed by atoms with Crippen LogP contribution in [0.25, 0.3) is 22.9 Å². The molecule has 4 nitrogen and oxygen atoms in total. The Hall–Kier alpha value is -3.38. The molecule has 0 N–H and O–H groups in total. The summed E-state index contributed by atoms with van der Waals surface area (Å²) < 4.78 is 9.01. The van der Waals surface area contributed by atoms with Gasteiger partial charge < -0.3 is 9.30 Å². The highest BCUT2D eigenvalue weighted by Gasteiger charge is 2.16. The van der Waals surface area contributed by atoms with Gasteiger partial charge in [-0.3, -0.25) is 0 Å². The lowest BCUT2D eigenvalue weighted by molar-refractivity contribution is 0.0693. The van der Waals surface area contributed by atoms with E-state index in [1.165, 1.54) is 0 Å². The molecule has 0 aliphatic rings. The average molecular weight is 578 g/mol. The van der Waals surface area contributed by atoms with E-state index in [1.807, 2.05) is 54.6 Å². The third-order valence-electron chi connectivity index (χ3n) is 5.64. The van der Waals surface area contributed by atoms with Gasteiger partial charge in [0.1, 0.15) is 11.6 Å². The second kappa shape index (κ2) is 10.7. The summed E-state index contributed by atoms with van der Waals surface area (Å²) in [5.41, 5.74) is 4.00. The third-order valence-corrected chi connectivity index (χ3v) is 6.92. The third kappa shape index (κ3) is 5.39. The Balaban J connectivity index is 1.61. The first-order valence-corrected chi connectivity index (χ1v) is 12.7. The van der Waals surface area contributed by atoms with Crippen LogP contribution in [0.4, 0.5) is 0 Å². The molecule has 0 unspecified atom stereocenters. The monoisotopic (exact) mass is 576 g/mol. The predicted molar refractivity (Wildman–Crippen MR) is 149 cm³/mol. The van der Waals surface area contributed by atoms with Crippen molar-refractivity contribution in [2.45, 2.75) is 6.54 Å². The molecule has 0 bridgehead atoms. The summed E-state index contributed by atoms with van der Waals surface area (Å²) >= 11 is 15.7.